The van der Waals surface area contributed by atoms with Crippen molar-refractivity contribution in [3.63, 3.8) is 0 Å². The monoisotopic (exact) mass is 696 g/mol. The molecule has 55 heavy (non-hydrogen) atoms. The highest BCUT2D eigenvalue weighted by atomic mass is 14.3. The molecule has 0 saturated carbocycles. The zero-order valence-electron chi connectivity index (χ0n) is 30.3. The predicted molar refractivity (Wildman–Crippen MR) is 234 cm³/mol. The van der Waals surface area contributed by atoms with E-state index in [9.17, 15) is 0 Å². The van der Waals surface area contributed by atoms with Crippen LogP contribution in [0.3, 0.4) is 0 Å². The van der Waals surface area contributed by atoms with Crippen molar-refractivity contribution in [1.29, 1.82) is 0 Å². The number of benzene rings is 10. The molecule has 256 valence electrons. The van der Waals surface area contributed by atoms with E-state index in [4.69, 9.17) is 0 Å². The van der Waals surface area contributed by atoms with Crippen LogP contribution in [0.15, 0.2) is 206 Å². The molecule has 1 aliphatic rings. The fourth-order valence-corrected chi connectivity index (χ4v) is 9.19. The largest absolute Gasteiger partial charge is 0.0622 e. The molecule has 0 unspecified atom stereocenters. The Bertz CT molecular complexity index is 2980. The van der Waals surface area contributed by atoms with Gasteiger partial charge in [-0.1, -0.05) is 188 Å². The molecule has 10 aromatic rings. The summed E-state index contributed by atoms with van der Waals surface area (Å²) in [5.74, 6) is 0. The van der Waals surface area contributed by atoms with E-state index in [-0.39, 0.29) is 0 Å². The second kappa shape index (κ2) is 12.8. The van der Waals surface area contributed by atoms with E-state index in [0.717, 1.165) is 6.42 Å². The average Bonchev–Trinajstić information content (AvgIpc) is 3.63. The summed E-state index contributed by atoms with van der Waals surface area (Å²) in [6, 6.07) is 76.3. The summed E-state index contributed by atoms with van der Waals surface area (Å²) in [6.45, 7) is 0. The first kappa shape index (κ1) is 31.5. The molecular formula is C55H36. The highest BCUT2D eigenvalue weighted by Gasteiger charge is 2.22. The van der Waals surface area contributed by atoms with Crippen LogP contribution < -0.4 is 0 Å². The van der Waals surface area contributed by atoms with Crippen molar-refractivity contribution in [2.45, 2.75) is 6.42 Å². The summed E-state index contributed by atoms with van der Waals surface area (Å²) < 4.78 is 0. The van der Waals surface area contributed by atoms with E-state index in [1.807, 2.05) is 0 Å². The summed E-state index contributed by atoms with van der Waals surface area (Å²) >= 11 is 0. The average molecular weight is 697 g/mol. The number of hydrogen-bond donors (Lipinski definition) is 0. The quantitative estimate of drug-likeness (QED) is 0.157. The zero-order chi connectivity index (χ0) is 36.3. The lowest BCUT2D eigenvalue weighted by Gasteiger charge is -2.20. The first-order valence-electron chi connectivity index (χ1n) is 19.2. The molecule has 0 bridgehead atoms. The van der Waals surface area contributed by atoms with Crippen LogP contribution >= 0.6 is 0 Å². The SMILES string of the molecule is c1ccc(-c2cc(-c3ccccc3)cc(-c3cccc4c(-c5c6ccccc6c(-c6ccc7c(c6)Cc6ccccc6-7)c6ccccc56)cccc34)c2)cc1. The van der Waals surface area contributed by atoms with Crippen LogP contribution in [0.25, 0.3) is 99.1 Å². The molecular weight excluding hydrogens is 661 g/mol. The van der Waals surface area contributed by atoms with Crippen LogP contribution in [0, 0.1) is 0 Å². The lowest BCUT2D eigenvalue weighted by Crippen LogP contribution is -1.93. The zero-order valence-corrected chi connectivity index (χ0v) is 30.3. The molecule has 0 aliphatic heterocycles. The summed E-state index contributed by atoms with van der Waals surface area (Å²) in [7, 11) is 0. The molecule has 0 radical (unpaired) electrons. The van der Waals surface area contributed by atoms with E-state index >= 15 is 0 Å². The van der Waals surface area contributed by atoms with Crippen LogP contribution in [0.4, 0.5) is 0 Å². The molecule has 0 heteroatoms. The van der Waals surface area contributed by atoms with E-state index < -0.39 is 0 Å². The molecule has 0 aromatic heterocycles. The third-order valence-corrected chi connectivity index (χ3v) is 11.7. The molecule has 0 atom stereocenters. The van der Waals surface area contributed by atoms with Gasteiger partial charge in [0, 0.05) is 0 Å². The Hall–Kier alpha value is -7.02. The summed E-state index contributed by atoms with van der Waals surface area (Å²) in [4.78, 5) is 0. The topological polar surface area (TPSA) is 0 Å². The number of hydrogen-bond acceptors (Lipinski definition) is 0. The third-order valence-electron chi connectivity index (χ3n) is 11.7. The lowest BCUT2D eigenvalue weighted by atomic mass is 9.83. The Morgan fingerprint density at radius 1 is 0.218 bits per heavy atom. The molecule has 0 spiro atoms. The van der Waals surface area contributed by atoms with Crippen molar-refractivity contribution in [2.75, 3.05) is 0 Å². The Kier molecular flexibility index (Phi) is 7.35. The van der Waals surface area contributed by atoms with Crippen LogP contribution in [-0.2, 0) is 6.42 Å². The van der Waals surface area contributed by atoms with Crippen LogP contribution in [0.5, 0.6) is 0 Å². The van der Waals surface area contributed by atoms with Gasteiger partial charge in [0.25, 0.3) is 0 Å². The first-order chi connectivity index (χ1) is 27.3. The third kappa shape index (κ3) is 5.22. The summed E-state index contributed by atoms with van der Waals surface area (Å²) in [5.41, 5.74) is 18.0. The van der Waals surface area contributed by atoms with Crippen molar-refractivity contribution in [3.05, 3.63) is 217 Å². The Morgan fingerprint density at radius 3 is 1.31 bits per heavy atom. The van der Waals surface area contributed by atoms with Crippen molar-refractivity contribution < 1.29 is 0 Å². The molecule has 0 heterocycles. The second-order valence-corrected chi connectivity index (χ2v) is 14.8. The van der Waals surface area contributed by atoms with Gasteiger partial charge in [-0.2, -0.15) is 0 Å². The minimum absolute atomic E-state index is 0.979. The Balaban J connectivity index is 1.13. The van der Waals surface area contributed by atoms with Crippen molar-refractivity contribution in [2.24, 2.45) is 0 Å². The van der Waals surface area contributed by atoms with Crippen LogP contribution in [-0.4, -0.2) is 0 Å². The minimum atomic E-state index is 0.979. The number of fused-ring (bicyclic) bond motifs is 6. The smallest absolute Gasteiger partial charge is 0.00132 e. The predicted octanol–water partition coefficient (Wildman–Crippen LogP) is 15.1. The maximum absolute atomic E-state index is 2.45. The fraction of sp³-hybridized carbons (Fsp3) is 0.0182. The fourth-order valence-electron chi connectivity index (χ4n) is 9.19. The highest BCUT2D eigenvalue weighted by Crippen LogP contribution is 2.48. The second-order valence-electron chi connectivity index (χ2n) is 14.8. The van der Waals surface area contributed by atoms with Crippen molar-refractivity contribution in [3.8, 4) is 66.8 Å². The Morgan fingerprint density at radius 2 is 0.673 bits per heavy atom. The molecule has 0 fully saturated rings. The molecule has 0 saturated heterocycles. The van der Waals surface area contributed by atoms with Gasteiger partial charge < -0.3 is 0 Å². The highest BCUT2D eigenvalue weighted by molar-refractivity contribution is 6.24. The molecule has 0 N–H and O–H groups in total. The van der Waals surface area contributed by atoms with Crippen LogP contribution in [0.1, 0.15) is 11.1 Å². The van der Waals surface area contributed by atoms with Crippen LogP contribution in [0.2, 0.25) is 0 Å². The van der Waals surface area contributed by atoms with Gasteiger partial charge in [0.15, 0.2) is 0 Å². The van der Waals surface area contributed by atoms with Gasteiger partial charge in [-0.3, -0.25) is 0 Å². The van der Waals surface area contributed by atoms with E-state index in [1.54, 1.807) is 0 Å². The summed E-state index contributed by atoms with van der Waals surface area (Å²) in [6.07, 6.45) is 0.979. The van der Waals surface area contributed by atoms with Gasteiger partial charge in [-0.25, -0.2) is 0 Å². The molecule has 0 nitrogen and oxygen atoms in total. The van der Waals surface area contributed by atoms with Crippen molar-refractivity contribution in [1.82, 2.24) is 0 Å². The van der Waals surface area contributed by atoms with E-state index in [1.165, 1.54) is 110 Å². The van der Waals surface area contributed by atoms with Crippen molar-refractivity contribution >= 4 is 32.3 Å². The lowest BCUT2D eigenvalue weighted by molar-refractivity contribution is 1.26. The molecule has 11 rings (SSSR count). The van der Waals surface area contributed by atoms with Gasteiger partial charge in [0.2, 0.25) is 0 Å². The van der Waals surface area contributed by atoms with E-state index in [2.05, 4.69) is 206 Å². The van der Waals surface area contributed by atoms with Gasteiger partial charge in [-0.05, 0) is 135 Å². The maximum Gasteiger partial charge on any atom is -0.00132 e. The van der Waals surface area contributed by atoms with Gasteiger partial charge in [0.05, 0.1) is 0 Å². The Labute approximate surface area is 321 Å². The number of rotatable bonds is 5. The standard InChI is InChI=1S/C55H36/c1-3-15-36(16-4-1)40-33-41(37-17-5-2-6-18-37)35-43(34-40)45-25-13-27-48-47(45)26-14-28-49(48)55-52-23-11-9-21-50(52)54(51-22-10-12-24-53(51)55)39-29-30-46-42(32-39)31-38-19-7-8-20-44(38)46/h1-30,32-35H,31H2. The van der Waals surface area contributed by atoms with Gasteiger partial charge >= 0.3 is 0 Å². The molecule has 10 aromatic carbocycles. The molecule has 0 amide bonds. The normalized spacial score (nSPS) is 11.9. The first-order valence-corrected chi connectivity index (χ1v) is 19.2. The van der Waals surface area contributed by atoms with Gasteiger partial charge in [-0.15, -0.1) is 0 Å². The summed E-state index contributed by atoms with van der Waals surface area (Å²) in [5, 5.41) is 7.61. The maximum atomic E-state index is 2.45. The molecule has 1 aliphatic carbocycles. The minimum Gasteiger partial charge on any atom is -0.0622 e. The van der Waals surface area contributed by atoms with E-state index in [0.29, 0.717) is 0 Å². The van der Waals surface area contributed by atoms with Gasteiger partial charge in [0.1, 0.15) is 0 Å².